The lowest BCUT2D eigenvalue weighted by Crippen LogP contribution is -2.49. The van der Waals surface area contributed by atoms with Gasteiger partial charge in [-0.25, -0.2) is 8.42 Å². The van der Waals surface area contributed by atoms with Crippen molar-refractivity contribution in [3.05, 3.63) is 23.8 Å². The van der Waals surface area contributed by atoms with Crippen molar-refractivity contribution in [2.24, 2.45) is 11.8 Å². The Morgan fingerprint density at radius 1 is 1.27 bits per heavy atom. The molecule has 1 saturated carbocycles. The van der Waals surface area contributed by atoms with Crippen molar-refractivity contribution in [3.8, 4) is 17.6 Å². The molecule has 1 aliphatic carbocycles. The normalized spacial score (nSPS) is 24.7. The van der Waals surface area contributed by atoms with Crippen LogP contribution in [-0.2, 0) is 10.0 Å². The monoisotopic (exact) mass is 476 g/mol. The van der Waals surface area contributed by atoms with Gasteiger partial charge in [0.25, 0.3) is 0 Å². The van der Waals surface area contributed by atoms with E-state index in [0.717, 1.165) is 31.4 Å². The van der Waals surface area contributed by atoms with E-state index in [0.29, 0.717) is 24.8 Å². The van der Waals surface area contributed by atoms with Crippen LogP contribution in [0.3, 0.4) is 0 Å². The highest BCUT2D eigenvalue weighted by Gasteiger charge is 2.38. The highest BCUT2D eigenvalue weighted by molar-refractivity contribution is 7.89. The molecule has 1 aromatic rings. The third-order valence-electron chi connectivity index (χ3n) is 6.79. The van der Waals surface area contributed by atoms with E-state index < -0.39 is 16.1 Å². The topological polar surface area (TPSA) is 70.1 Å². The number of hydrogen-bond acceptors (Lipinski definition) is 5. The highest BCUT2D eigenvalue weighted by Crippen LogP contribution is 2.34. The molecule has 2 aliphatic rings. The summed E-state index contributed by atoms with van der Waals surface area (Å²) in [6.45, 7) is 7.63. The summed E-state index contributed by atoms with van der Waals surface area (Å²) in [6.07, 6.45) is 6.89. The lowest BCUT2D eigenvalue weighted by molar-refractivity contribution is 0.0752. The van der Waals surface area contributed by atoms with Crippen LogP contribution in [0.15, 0.2) is 23.1 Å². The fraction of sp³-hybridized carbons (Fsp3) is 0.692. The molecule has 3 rings (SSSR count). The van der Waals surface area contributed by atoms with Crippen molar-refractivity contribution in [2.45, 2.75) is 76.3 Å². The average Bonchev–Trinajstić information content (AvgIpc) is 2.80. The molecule has 33 heavy (non-hydrogen) atoms. The Bertz CT molecular complexity index is 947. The number of rotatable bonds is 6. The summed E-state index contributed by atoms with van der Waals surface area (Å²) in [6, 6.07) is 4.68. The SMILES string of the molecule is CCCN(C)C[C@@H]1Oc2cc(C#CC3CCCCC3)ccc2S(=O)(=O)N([C@@H](C)CO)C[C@H]1C. The molecule has 184 valence electrons. The number of aliphatic hydroxyl groups is 1. The molecule has 3 atom stereocenters. The fourth-order valence-corrected chi connectivity index (χ4v) is 6.56. The lowest BCUT2D eigenvalue weighted by Gasteiger charge is -2.37. The molecule has 1 heterocycles. The van der Waals surface area contributed by atoms with Gasteiger partial charge < -0.3 is 14.7 Å². The number of ether oxygens (including phenoxy) is 1. The summed E-state index contributed by atoms with van der Waals surface area (Å²) in [4.78, 5) is 2.38. The Hall–Kier alpha value is -1.59. The molecule has 1 N–H and O–H groups in total. The highest BCUT2D eigenvalue weighted by atomic mass is 32.2. The van der Waals surface area contributed by atoms with Gasteiger partial charge in [-0.1, -0.05) is 45.0 Å². The minimum absolute atomic E-state index is 0.0433. The quantitative estimate of drug-likeness (QED) is 0.634. The molecule has 1 aliphatic heterocycles. The molecule has 0 amide bonds. The molecule has 6 nitrogen and oxygen atoms in total. The first-order valence-electron chi connectivity index (χ1n) is 12.4. The summed E-state index contributed by atoms with van der Waals surface area (Å²) in [5.41, 5.74) is 0.783. The zero-order valence-electron chi connectivity index (χ0n) is 20.6. The maximum atomic E-state index is 13.6. The van der Waals surface area contributed by atoms with Gasteiger partial charge >= 0.3 is 0 Å². The molecule has 0 bridgehead atoms. The lowest BCUT2D eigenvalue weighted by atomic mass is 9.90. The van der Waals surface area contributed by atoms with Gasteiger partial charge in [-0.15, -0.1) is 0 Å². The Labute approximate surface area is 200 Å². The van der Waals surface area contributed by atoms with Crippen molar-refractivity contribution >= 4 is 10.0 Å². The predicted octanol–water partition coefficient (Wildman–Crippen LogP) is 3.73. The second-order valence-corrected chi connectivity index (χ2v) is 11.6. The fourth-order valence-electron chi connectivity index (χ4n) is 4.73. The molecule has 0 aromatic heterocycles. The Morgan fingerprint density at radius 3 is 2.67 bits per heavy atom. The molecule has 1 fully saturated rings. The summed E-state index contributed by atoms with van der Waals surface area (Å²) >= 11 is 0. The van der Waals surface area contributed by atoms with Crippen LogP contribution < -0.4 is 4.74 Å². The third-order valence-corrected chi connectivity index (χ3v) is 8.81. The minimum atomic E-state index is -3.81. The van der Waals surface area contributed by atoms with Crippen LogP contribution in [0, 0.1) is 23.7 Å². The summed E-state index contributed by atoms with van der Waals surface area (Å²) in [7, 11) is -1.75. The van der Waals surface area contributed by atoms with E-state index in [2.05, 4.69) is 30.7 Å². The number of fused-ring (bicyclic) bond motifs is 1. The molecular weight excluding hydrogens is 436 g/mol. The number of aliphatic hydroxyl groups excluding tert-OH is 1. The van der Waals surface area contributed by atoms with Gasteiger partial charge in [0.05, 0.1) is 6.61 Å². The van der Waals surface area contributed by atoms with Gasteiger partial charge in [0, 0.05) is 36.5 Å². The van der Waals surface area contributed by atoms with Crippen molar-refractivity contribution in [1.82, 2.24) is 9.21 Å². The average molecular weight is 477 g/mol. The second kappa shape index (κ2) is 11.7. The van der Waals surface area contributed by atoms with Gasteiger partial charge in [-0.05, 0) is 58.0 Å². The van der Waals surface area contributed by atoms with Gasteiger partial charge in [0.1, 0.15) is 16.7 Å². The number of benzene rings is 1. The van der Waals surface area contributed by atoms with E-state index in [4.69, 9.17) is 4.74 Å². The zero-order chi connectivity index (χ0) is 24.0. The van der Waals surface area contributed by atoms with E-state index >= 15 is 0 Å². The van der Waals surface area contributed by atoms with Crippen molar-refractivity contribution < 1.29 is 18.3 Å². The molecule has 0 radical (unpaired) electrons. The summed E-state index contributed by atoms with van der Waals surface area (Å²) < 4.78 is 35.0. The van der Waals surface area contributed by atoms with Crippen molar-refractivity contribution in [3.63, 3.8) is 0 Å². The van der Waals surface area contributed by atoms with Gasteiger partial charge in [0.15, 0.2) is 0 Å². The van der Waals surface area contributed by atoms with Crippen LogP contribution in [0.25, 0.3) is 0 Å². The van der Waals surface area contributed by atoms with Crippen molar-refractivity contribution in [2.75, 3.05) is 33.3 Å². The van der Waals surface area contributed by atoms with Crippen LogP contribution in [0.5, 0.6) is 5.75 Å². The molecule has 7 heteroatoms. The van der Waals surface area contributed by atoms with E-state index in [1.807, 2.05) is 6.92 Å². The number of nitrogens with zero attached hydrogens (tertiary/aromatic N) is 2. The first-order valence-corrected chi connectivity index (χ1v) is 13.8. The Morgan fingerprint density at radius 2 is 2.00 bits per heavy atom. The molecule has 1 aromatic carbocycles. The molecule has 0 saturated heterocycles. The van der Waals surface area contributed by atoms with Crippen LogP contribution in [-0.4, -0.2) is 68.2 Å². The van der Waals surface area contributed by atoms with E-state index in [-0.39, 0.29) is 23.5 Å². The van der Waals surface area contributed by atoms with E-state index in [9.17, 15) is 13.5 Å². The predicted molar refractivity (Wildman–Crippen MR) is 132 cm³/mol. The van der Waals surface area contributed by atoms with Crippen LogP contribution in [0.4, 0.5) is 0 Å². The first-order chi connectivity index (χ1) is 15.8. The Kier molecular flexibility index (Phi) is 9.23. The van der Waals surface area contributed by atoms with E-state index in [1.165, 1.54) is 23.6 Å². The standard InChI is InChI=1S/C26H40N2O4S/c1-5-15-27(4)18-25-20(2)17-28(21(3)19-29)33(30,31)26-14-13-23(16-24(26)32-25)12-11-22-9-7-6-8-10-22/h13-14,16,20-22,25,29H,5-10,15,17-19H2,1-4H3/t20-,21+,25+/m1/s1. The number of likely N-dealkylation sites (N-methyl/N-ethyl adjacent to an activating group) is 1. The number of hydrogen-bond donors (Lipinski definition) is 1. The van der Waals surface area contributed by atoms with Crippen molar-refractivity contribution in [1.29, 1.82) is 0 Å². The van der Waals surface area contributed by atoms with E-state index in [1.54, 1.807) is 25.1 Å². The van der Waals surface area contributed by atoms with Crippen LogP contribution in [0.1, 0.15) is 64.9 Å². The minimum Gasteiger partial charge on any atom is -0.487 e. The van der Waals surface area contributed by atoms with Gasteiger partial charge in [-0.3, -0.25) is 0 Å². The van der Waals surface area contributed by atoms with Gasteiger partial charge in [0.2, 0.25) is 10.0 Å². The molecule has 0 unspecified atom stereocenters. The van der Waals surface area contributed by atoms with Crippen LogP contribution >= 0.6 is 0 Å². The third kappa shape index (κ3) is 6.51. The summed E-state index contributed by atoms with van der Waals surface area (Å²) in [5.74, 6) is 7.40. The zero-order valence-corrected chi connectivity index (χ0v) is 21.4. The maximum absolute atomic E-state index is 13.6. The smallest absolute Gasteiger partial charge is 0.247 e. The molecular formula is C26H40N2O4S. The van der Waals surface area contributed by atoms with Gasteiger partial charge in [-0.2, -0.15) is 4.31 Å². The largest absolute Gasteiger partial charge is 0.487 e. The van der Waals surface area contributed by atoms with Crippen LogP contribution in [0.2, 0.25) is 0 Å². The first kappa shape index (κ1) is 26.0. The molecule has 0 spiro atoms. The maximum Gasteiger partial charge on any atom is 0.247 e. The second-order valence-electron chi connectivity index (χ2n) is 9.77. The Balaban J connectivity index is 1.99. The number of sulfonamides is 1. The summed E-state index contributed by atoms with van der Waals surface area (Å²) in [5, 5.41) is 9.77.